The van der Waals surface area contributed by atoms with Crippen LogP contribution >= 0.6 is 0 Å². The van der Waals surface area contributed by atoms with Gasteiger partial charge in [0.2, 0.25) is 11.8 Å². The van der Waals surface area contributed by atoms with E-state index in [0.717, 1.165) is 18.5 Å². The summed E-state index contributed by atoms with van der Waals surface area (Å²) in [5.74, 6) is -0.231. The number of nitrogens with one attached hydrogen (secondary N) is 1. The number of hydrogen-bond donors (Lipinski definition) is 1. The number of carbonyl (C=O) groups excluding carboxylic acids is 2. The van der Waals surface area contributed by atoms with Crippen molar-refractivity contribution in [3.05, 3.63) is 11.4 Å². The molecule has 1 aliphatic rings. The van der Waals surface area contributed by atoms with Crippen molar-refractivity contribution in [2.45, 2.75) is 39.5 Å². The summed E-state index contributed by atoms with van der Waals surface area (Å²) in [7, 11) is 0. The van der Waals surface area contributed by atoms with E-state index in [1.807, 2.05) is 6.92 Å². The predicted octanol–water partition coefficient (Wildman–Crippen LogP) is 1.46. The van der Waals surface area contributed by atoms with Crippen molar-refractivity contribution in [1.82, 2.24) is 10.2 Å². The largest absolute Gasteiger partial charge is 0.280 e. The van der Waals surface area contributed by atoms with Crippen molar-refractivity contribution in [2.24, 2.45) is 0 Å². The highest BCUT2D eigenvalue weighted by Gasteiger charge is 2.29. The number of aromatic amines is 1. The number of H-pyrrole nitrogens is 1. The molecule has 1 aromatic heterocycles. The van der Waals surface area contributed by atoms with Crippen LogP contribution in [-0.2, 0) is 9.59 Å². The molecule has 2 amide bonds. The summed E-state index contributed by atoms with van der Waals surface area (Å²) in [5, 5.41) is 6.82. The number of hydrogen-bond acceptors (Lipinski definition) is 3. The lowest BCUT2D eigenvalue weighted by molar-refractivity contribution is -0.125. The Balaban J connectivity index is 2.43. The van der Waals surface area contributed by atoms with Crippen molar-refractivity contribution in [2.75, 3.05) is 4.90 Å². The van der Waals surface area contributed by atoms with Crippen LogP contribution in [0.5, 0.6) is 0 Å². The van der Waals surface area contributed by atoms with E-state index in [-0.39, 0.29) is 11.8 Å². The van der Waals surface area contributed by atoms with E-state index in [9.17, 15) is 9.59 Å². The summed E-state index contributed by atoms with van der Waals surface area (Å²) in [6.45, 7) is 3.62. The average Bonchev–Trinajstić information content (AvgIpc) is 2.46. The van der Waals surface area contributed by atoms with Crippen LogP contribution in [0.1, 0.15) is 37.1 Å². The van der Waals surface area contributed by atoms with Gasteiger partial charge in [-0.25, -0.2) is 4.90 Å². The number of rotatable bonds is 1. The molecule has 5 heteroatoms. The highest BCUT2D eigenvalue weighted by atomic mass is 16.2. The first-order chi connectivity index (χ1) is 7.61. The van der Waals surface area contributed by atoms with Gasteiger partial charge in [-0.3, -0.25) is 14.7 Å². The van der Waals surface area contributed by atoms with Crippen LogP contribution in [0.25, 0.3) is 0 Å². The summed E-state index contributed by atoms with van der Waals surface area (Å²) in [4.78, 5) is 25.1. The molecule has 0 unspecified atom stereocenters. The zero-order chi connectivity index (χ0) is 11.7. The summed E-state index contributed by atoms with van der Waals surface area (Å²) >= 11 is 0. The Morgan fingerprint density at radius 1 is 1.12 bits per heavy atom. The van der Waals surface area contributed by atoms with E-state index in [1.165, 1.54) is 4.90 Å². The second kappa shape index (κ2) is 4.08. The minimum absolute atomic E-state index is 0.116. The molecular formula is C11H15N3O2. The first kappa shape index (κ1) is 10.9. The fraction of sp³-hybridized carbons (Fsp3) is 0.545. The lowest BCUT2D eigenvalue weighted by Crippen LogP contribution is -2.35. The van der Waals surface area contributed by atoms with Crippen molar-refractivity contribution in [3.8, 4) is 0 Å². The maximum Gasteiger partial charge on any atom is 0.233 e. The quantitative estimate of drug-likeness (QED) is 0.730. The first-order valence-corrected chi connectivity index (χ1v) is 5.48. The Kier molecular flexibility index (Phi) is 2.77. The molecule has 0 aromatic carbocycles. The van der Waals surface area contributed by atoms with Gasteiger partial charge in [-0.15, -0.1) is 0 Å². The van der Waals surface area contributed by atoms with Crippen molar-refractivity contribution >= 4 is 17.5 Å². The Morgan fingerprint density at radius 2 is 1.69 bits per heavy atom. The van der Waals surface area contributed by atoms with Gasteiger partial charge in [0, 0.05) is 12.8 Å². The zero-order valence-corrected chi connectivity index (χ0v) is 9.54. The molecule has 0 atom stereocenters. The van der Waals surface area contributed by atoms with E-state index in [1.54, 1.807) is 6.92 Å². The molecule has 1 saturated heterocycles. The van der Waals surface area contributed by atoms with E-state index >= 15 is 0 Å². The Morgan fingerprint density at radius 3 is 2.12 bits per heavy atom. The van der Waals surface area contributed by atoms with Crippen LogP contribution in [0.2, 0.25) is 0 Å². The molecule has 1 aromatic rings. The van der Waals surface area contributed by atoms with E-state index in [2.05, 4.69) is 10.2 Å². The number of nitrogens with zero attached hydrogens (tertiary/aromatic N) is 2. The highest BCUT2D eigenvalue weighted by molar-refractivity contribution is 6.15. The van der Waals surface area contributed by atoms with Gasteiger partial charge in [0.25, 0.3) is 0 Å². The van der Waals surface area contributed by atoms with Crippen LogP contribution < -0.4 is 4.90 Å². The van der Waals surface area contributed by atoms with Gasteiger partial charge in [0.1, 0.15) is 0 Å². The minimum Gasteiger partial charge on any atom is -0.280 e. The molecule has 2 rings (SSSR count). The first-order valence-electron chi connectivity index (χ1n) is 5.48. The predicted molar refractivity (Wildman–Crippen MR) is 59.0 cm³/mol. The van der Waals surface area contributed by atoms with E-state index in [0.29, 0.717) is 24.2 Å². The molecule has 5 nitrogen and oxygen atoms in total. The monoisotopic (exact) mass is 221 g/mol. The molecule has 16 heavy (non-hydrogen) atoms. The summed E-state index contributed by atoms with van der Waals surface area (Å²) < 4.78 is 0. The SMILES string of the molecule is Cc1n[nH]c(C)c1N1C(=O)CCCCC1=O. The van der Waals surface area contributed by atoms with Crippen molar-refractivity contribution in [1.29, 1.82) is 0 Å². The van der Waals surface area contributed by atoms with E-state index < -0.39 is 0 Å². The summed E-state index contributed by atoms with van der Waals surface area (Å²) in [6.07, 6.45) is 2.46. The molecule has 0 spiro atoms. The zero-order valence-electron chi connectivity index (χ0n) is 9.54. The Labute approximate surface area is 93.8 Å². The molecule has 1 N–H and O–H groups in total. The fourth-order valence-electron chi connectivity index (χ4n) is 2.04. The number of imide groups is 1. The Hall–Kier alpha value is -1.65. The van der Waals surface area contributed by atoms with Gasteiger partial charge in [0.05, 0.1) is 17.1 Å². The van der Waals surface area contributed by atoms with Crippen LogP contribution in [-0.4, -0.2) is 22.0 Å². The van der Waals surface area contributed by atoms with Crippen LogP contribution in [0.3, 0.4) is 0 Å². The summed E-state index contributed by atoms with van der Waals surface area (Å²) in [6, 6.07) is 0. The molecule has 0 bridgehead atoms. The molecule has 1 fully saturated rings. The normalized spacial score (nSPS) is 17.8. The molecular weight excluding hydrogens is 206 g/mol. The smallest absolute Gasteiger partial charge is 0.233 e. The third kappa shape index (κ3) is 1.73. The number of aromatic nitrogens is 2. The lowest BCUT2D eigenvalue weighted by Gasteiger charge is -2.18. The van der Waals surface area contributed by atoms with Gasteiger partial charge in [-0.05, 0) is 26.7 Å². The van der Waals surface area contributed by atoms with Crippen molar-refractivity contribution in [3.63, 3.8) is 0 Å². The number of anilines is 1. The second-order valence-corrected chi connectivity index (χ2v) is 4.11. The average molecular weight is 221 g/mol. The van der Waals surface area contributed by atoms with Crippen molar-refractivity contribution < 1.29 is 9.59 Å². The Bertz CT molecular complexity index is 399. The number of amides is 2. The standard InChI is InChI=1S/C11H15N3O2/c1-7-11(8(2)13-12-7)14-9(15)5-3-4-6-10(14)16/h3-6H2,1-2H3,(H,12,13). The molecule has 86 valence electrons. The van der Waals surface area contributed by atoms with Crippen LogP contribution in [0.15, 0.2) is 0 Å². The van der Waals surface area contributed by atoms with Crippen LogP contribution in [0.4, 0.5) is 5.69 Å². The molecule has 0 saturated carbocycles. The maximum atomic E-state index is 11.9. The highest BCUT2D eigenvalue weighted by Crippen LogP contribution is 2.26. The van der Waals surface area contributed by atoms with Gasteiger partial charge in [0.15, 0.2) is 0 Å². The maximum absolute atomic E-state index is 11.9. The van der Waals surface area contributed by atoms with E-state index in [4.69, 9.17) is 0 Å². The van der Waals surface area contributed by atoms with Gasteiger partial charge in [-0.2, -0.15) is 5.10 Å². The van der Waals surface area contributed by atoms with Gasteiger partial charge < -0.3 is 0 Å². The minimum atomic E-state index is -0.116. The molecule has 1 aliphatic heterocycles. The number of carbonyl (C=O) groups is 2. The fourth-order valence-corrected chi connectivity index (χ4v) is 2.04. The third-order valence-electron chi connectivity index (χ3n) is 2.84. The summed E-state index contributed by atoms with van der Waals surface area (Å²) in [5.41, 5.74) is 2.10. The third-order valence-corrected chi connectivity index (χ3v) is 2.84. The van der Waals surface area contributed by atoms with Gasteiger partial charge >= 0.3 is 0 Å². The molecule has 2 heterocycles. The van der Waals surface area contributed by atoms with Gasteiger partial charge in [-0.1, -0.05) is 0 Å². The molecule has 0 radical (unpaired) electrons. The number of aryl methyl sites for hydroxylation is 2. The second-order valence-electron chi connectivity index (χ2n) is 4.11. The molecule has 0 aliphatic carbocycles. The topological polar surface area (TPSA) is 66.1 Å². The lowest BCUT2D eigenvalue weighted by atomic mass is 10.2. The van der Waals surface area contributed by atoms with Crippen LogP contribution in [0, 0.1) is 13.8 Å².